The number of benzene rings is 1. The molecule has 2 aliphatic rings. The van der Waals surface area contributed by atoms with Gasteiger partial charge in [-0.3, -0.25) is 9.59 Å². The molecule has 0 unspecified atom stereocenters. The van der Waals surface area contributed by atoms with Crippen molar-refractivity contribution in [1.29, 1.82) is 0 Å². The number of pyridine rings is 1. The molecule has 3 heterocycles. The Morgan fingerprint density at radius 2 is 1.62 bits per heavy atom. The molecule has 0 saturated heterocycles. The van der Waals surface area contributed by atoms with Gasteiger partial charge in [0.25, 0.3) is 5.91 Å². The Kier molecular flexibility index (Phi) is 7.89. The Labute approximate surface area is 234 Å². The number of carbonyl (C=O) groups excluding carboxylic acids is 3. The average molecular weight is 598 g/mol. The van der Waals surface area contributed by atoms with E-state index in [1.165, 1.54) is 15.9 Å². The third-order valence-electron chi connectivity index (χ3n) is 6.36. The van der Waals surface area contributed by atoms with Crippen LogP contribution in [-0.4, -0.2) is 67.3 Å². The highest BCUT2D eigenvalue weighted by atomic mass is 35.5. The highest BCUT2D eigenvalue weighted by molar-refractivity contribution is 7.89. The van der Waals surface area contributed by atoms with Gasteiger partial charge < -0.3 is 19.9 Å². The molecule has 0 radical (unpaired) electrons. The molecular formula is C25H26ClF2N5O6S. The zero-order valence-electron chi connectivity index (χ0n) is 21.8. The van der Waals surface area contributed by atoms with E-state index in [1.807, 2.05) is 0 Å². The third-order valence-corrected chi connectivity index (χ3v) is 7.50. The first-order chi connectivity index (χ1) is 18.6. The molecule has 1 aromatic heterocycles. The summed E-state index contributed by atoms with van der Waals surface area (Å²) in [5.41, 5.74) is 0.800. The summed E-state index contributed by atoms with van der Waals surface area (Å²) in [6.07, 6.45) is -0.658. The fourth-order valence-electron chi connectivity index (χ4n) is 4.17. The first kappa shape index (κ1) is 29.4. The number of halogens is 3. The molecule has 4 rings (SSSR count). The van der Waals surface area contributed by atoms with Crippen molar-refractivity contribution in [3.05, 3.63) is 63.5 Å². The van der Waals surface area contributed by atoms with E-state index in [0.29, 0.717) is 5.69 Å². The SMILES string of the molecule is CC(C)(C)C(=O)Nc1ccc(Cl)nc1COC(=O)N1CC2=C(C1)CN(C(=O)c1ccc(S(N)(=O)=O)c(F)c1F)C2. The molecule has 0 saturated carbocycles. The Hall–Kier alpha value is -3.62. The monoisotopic (exact) mass is 597 g/mol. The second kappa shape index (κ2) is 10.7. The van der Waals surface area contributed by atoms with E-state index >= 15 is 0 Å². The molecule has 0 bridgehead atoms. The zero-order valence-corrected chi connectivity index (χ0v) is 23.3. The highest BCUT2D eigenvalue weighted by Crippen LogP contribution is 2.29. The summed E-state index contributed by atoms with van der Waals surface area (Å²) in [7, 11) is -4.51. The molecular weight excluding hydrogens is 572 g/mol. The topological polar surface area (TPSA) is 152 Å². The molecule has 3 amide bonds. The van der Waals surface area contributed by atoms with Gasteiger partial charge in [-0.05, 0) is 35.4 Å². The number of nitrogens with zero attached hydrogens (tertiary/aromatic N) is 3. The number of rotatable bonds is 5. The van der Waals surface area contributed by atoms with E-state index in [1.54, 1.807) is 26.8 Å². The molecule has 15 heteroatoms. The molecule has 0 aliphatic carbocycles. The first-order valence-electron chi connectivity index (χ1n) is 11.9. The van der Waals surface area contributed by atoms with Gasteiger partial charge >= 0.3 is 6.09 Å². The predicted molar refractivity (Wildman–Crippen MR) is 140 cm³/mol. The van der Waals surface area contributed by atoms with E-state index in [9.17, 15) is 31.6 Å². The summed E-state index contributed by atoms with van der Waals surface area (Å²) in [5.74, 6) is -4.43. The maximum atomic E-state index is 14.5. The summed E-state index contributed by atoms with van der Waals surface area (Å²) in [6, 6.07) is 4.68. The van der Waals surface area contributed by atoms with Gasteiger partial charge in [-0.1, -0.05) is 32.4 Å². The van der Waals surface area contributed by atoms with E-state index in [2.05, 4.69) is 10.3 Å². The number of anilines is 1. The number of sulfonamides is 1. The van der Waals surface area contributed by atoms with Crippen molar-refractivity contribution in [3.8, 4) is 0 Å². The minimum Gasteiger partial charge on any atom is -0.443 e. The second-order valence-corrected chi connectivity index (χ2v) is 12.3. The normalized spacial score (nSPS) is 15.4. The minimum atomic E-state index is -4.51. The van der Waals surface area contributed by atoms with Crippen LogP contribution in [0.1, 0.15) is 36.8 Å². The lowest BCUT2D eigenvalue weighted by atomic mass is 9.95. The van der Waals surface area contributed by atoms with Gasteiger partial charge in [-0.2, -0.15) is 0 Å². The zero-order chi connectivity index (χ0) is 29.6. The van der Waals surface area contributed by atoms with Crippen molar-refractivity contribution < 1.29 is 36.3 Å². The van der Waals surface area contributed by atoms with Crippen LogP contribution in [-0.2, 0) is 26.2 Å². The van der Waals surface area contributed by atoms with Crippen LogP contribution in [0.2, 0.25) is 5.15 Å². The van der Waals surface area contributed by atoms with Crippen LogP contribution in [0.25, 0.3) is 0 Å². The lowest BCUT2D eigenvalue weighted by Gasteiger charge is -2.23. The summed E-state index contributed by atoms with van der Waals surface area (Å²) >= 11 is 5.99. The molecule has 0 spiro atoms. The molecule has 11 nitrogen and oxygen atoms in total. The lowest BCUT2D eigenvalue weighted by molar-refractivity contribution is -0.123. The Morgan fingerprint density at radius 1 is 1.02 bits per heavy atom. The minimum absolute atomic E-state index is 0.0643. The molecule has 0 fully saturated rings. The molecule has 214 valence electrons. The van der Waals surface area contributed by atoms with Crippen LogP contribution in [0, 0.1) is 17.0 Å². The van der Waals surface area contributed by atoms with Gasteiger partial charge in [-0.25, -0.2) is 32.1 Å². The van der Waals surface area contributed by atoms with Crippen LogP contribution >= 0.6 is 11.6 Å². The number of hydrogen-bond acceptors (Lipinski definition) is 7. The van der Waals surface area contributed by atoms with Crippen LogP contribution < -0.4 is 10.5 Å². The van der Waals surface area contributed by atoms with Crippen LogP contribution in [0.4, 0.5) is 19.3 Å². The number of ether oxygens (including phenoxy) is 1. The Morgan fingerprint density at radius 3 is 2.20 bits per heavy atom. The number of amides is 3. The Bertz CT molecular complexity index is 1540. The largest absolute Gasteiger partial charge is 0.443 e. The average Bonchev–Trinajstić information content (AvgIpc) is 3.43. The van der Waals surface area contributed by atoms with Crippen molar-refractivity contribution >= 4 is 45.2 Å². The third kappa shape index (κ3) is 6.08. The molecule has 40 heavy (non-hydrogen) atoms. The van der Waals surface area contributed by atoms with Gasteiger partial charge in [0.05, 0.1) is 11.3 Å². The number of aromatic nitrogens is 1. The maximum absolute atomic E-state index is 14.5. The molecule has 1 aromatic carbocycles. The molecule has 3 N–H and O–H groups in total. The molecule has 2 aliphatic heterocycles. The number of primary sulfonamides is 1. The summed E-state index contributed by atoms with van der Waals surface area (Å²) in [6.45, 7) is 5.41. The van der Waals surface area contributed by atoms with Gasteiger partial charge in [0.2, 0.25) is 15.9 Å². The lowest BCUT2D eigenvalue weighted by Crippen LogP contribution is -2.37. The fraction of sp³-hybridized carbons (Fsp3) is 0.360. The van der Waals surface area contributed by atoms with E-state index < -0.39 is 49.5 Å². The predicted octanol–water partition coefficient (Wildman–Crippen LogP) is 3.05. The van der Waals surface area contributed by atoms with Crippen LogP contribution in [0.3, 0.4) is 0 Å². The summed E-state index contributed by atoms with van der Waals surface area (Å²) < 4.78 is 56.9. The number of hydrogen-bond donors (Lipinski definition) is 2. The van der Waals surface area contributed by atoms with Crippen molar-refractivity contribution in [3.63, 3.8) is 0 Å². The number of nitrogens with one attached hydrogen (secondary N) is 1. The fourth-order valence-corrected chi connectivity index (χ4v) is 4.93. The van der Waals surface area contributed by atoms with E-state index in [4.69, 9.17) is 21.5 Å². The highest BCUT2D eigenvalue weighted by Gasteiger charge is 2.36. The smallest absolute Gasteiger partial charge is 0.410 e. The van der Waals surface area contributed by atoms with Gasteiger partial charge in [0.15, 0.2) is 11.6 Å². The van der Waals surface area contributed by atoms with Crippen molar-refractivity contribution in [2.45, 2.75) is 32.3 Å². The van der Waals surface area contributed by atoms with E-state index in [-0.39, 0.29) is 49.5 Å². The van der Waals surface area contributed by atoms with Crippen molar-refractivity contribution in [2.75, 3.05) is 31.5 Å². The van der Waals surface area contributed by atoms with Crippen LogP contribution in [0.15, 0.2) is 40.3 Å². The van der Waals surface area contributed by atoms with Crippen molar-refractivity contribution in [1.82, 2.24) is 14.8 Å². The number of nitrogens with two attached hydrogens (primary N) is 1. The standard InChI is InChI=1S/C25H26ClF2N5O6S/c1-25(2,3)23(35)31-16-5-7-19(26)30-17(16)12-39-24(36)33-10-13-8-32(9-14(13)11-33)22(34)15-4-6-18(40(29,37)38)21(28)20(15)27/h4-7H,8-12H2,1-3H3,(H,31,35)(H2,29,37,38). The number of carbonyl (C=O) groups is 3. The quantitative estimate of drug-likeness (QED) is 0.397. The first-order valence-corrected chi connectivity index (χ1v) is 13.9. The molecule has 2 aromatic rings. The van der Waals surface area contributed by atoms with Crippen molar-refractivity contribution in [2.24, 2.45) is 10.6 Å². The van der Waals surface area contributed by atoms with Crippen LogP contribution in [0.5, 0.6) is 0 Å². The van der Waals surface area contributed by atoms with E-state index in [0.717, 1.165) is 23.3 Å². The maximum Gasteiger partial charge on any atom is 0.410 e. The van der Waals surface area contributed by atoms with Gasteiger partial charge in [-0.15, -0.1) is 0 Å². The summed E-state index contributed by atoms with van der Waals surface area (Å²) in [5, 5.41) is 7.78. The van der Waals surface area contributed by atoms with Gasteiger partial charge in [0.1, 0.15) is 22.3 Å². The summed E-state index contributed by atoms with van der Waals surface area (Å²) in [4.78, 5) is 43.8. The second-order valence-electron chi connectivity index (χ2n) is 10.4. The molecule has 0 atom stereocenters. The Balaban J connectivity index is 1.36. The van der Waals surface area contributed by atoms with Gasteiger partial charge in [0, 0.05) is 31.6 Å².